The number of esters is 1. The van der Waals surface area contributed by atoms with Gasteiger partial charge in [0.05, 0.1) is 13.0 Å². The van der Waals surface area contributed by atoms with Gasteiger partial charge in [-0.3, -0.25) is 0 Å². The minimum atomic E-state index is -0.682. The zero-order valence-corrected chi connectivity index (χ0v) is 24.1. The van der Waals surface area contributed by atoms with E-state index < -0.39 is 24.3 Å². The summed E-state index contributed by atoms with van der Waals surface area (Å²) in [6, 6.07) is 22.6. The summed E-state index contributed by atoms with van der Waals surface area (Å²) in [7, 11) is 1.51. The van der Waals surface area contributed by atoms with Gasteiger partial charge in [-0.2, -0.15) is 5.26 Å². The van der Waals surface area contributed by atoms with Crippen LogP contribution in [0.3, 0.4) is 0 Å². The van der Waals surface area contributed by atoms with Gasteiger partial charge in [-0.05, 0) is 60.2 Å². The van der Waals surface area contributed by atoms with E-state index >= 15 is 0 Å². The van der Waals surface area contributed by atoms with Crippen LogP contribution in [0.2, 0.25) is 10.0 Å². The van der Waals surface area contributed by atoms with Crippen LogP contribution in [0.15, 0.2) is 90.3 Å². The number of carbonyl (C=O) groups excluding carboxylic acids is 1. The topological polar surface area (TPSA) is 113 Å². The minimum absolute atomic E-state index is 0.0835. The highest BCUT2D eigenvalue weighted by atomic mass is 35.5. The van der Waals surface area contributed by atoms with Crippen molar-refractivity contribution in [3.05, 3.63) is 123 Å². The first-order chi connectivity index (χ1) is 20.7. The Kier molecular flexibility index (Phi) is 8.90. The third kappa shape index (κ3) is 6.78. The Morgan fingerprint density at radius 2 is 1.74 bits per heavy atom. The van der Waals surface area contributed by atoms with Crippen molar-refractivity contribution in [3.63, 3.8) is 0 Å². The maximum absolute atomic E-state index is 13.1. The maximum atomic E-state index is 13.1. The van der Waals surface area contributed by atoms with Crippen LogP contribution in [-0.4, -0.2) is 19.7 Å². The summed E-state index contributed by atoms with van der Waals surface area (Å²) in [6.07, 6.45) is 0. The Morgan fingerprint density at radius 1 is 0.977 bits per heavy atom. The van der Waals surface area contributed by atoms with Crippen molar-refractivity contribution in [2.24, 2.45) is 5.73 Å². The second-order valence-corrected chi connectivity index (χ2v) is 10.1. The Hall–Kier alpha value is -4.91. The molecule has 0 spiro atoms. The van der Waals surface area contributed by atoms with Gasteiger partial charge >= 0.3 is 5.97 Å². The quantitative estimate of drug-likeness (QED) is 0.158. The minimum Gasteiger partial charge on any atom is -0.493 e. The first kappa shape index (κ1) is 29.6. The zero-order valence-electron chi connectivity index (χ0n) is 22.6. The summed E-state index contributed by atoms with van der Waals surface area (Å²) >= 11 is 12.3. The lowest BCUT2D eigenvalue weighted by Crippen LogP contribution is -2.22. The fourth-order valence-corrected chi connectivity index (χ4v) is 4.92. The van der Waals surface area contributed by atoms with Crippen LogP contribution in [0.4, 0.5) is 4.39 Å². The third-order valence-electron chi connectivity index (χ3n) is 6.51. The van der Waals surface area contributed by atoms with Crippen LogP contribution in [0.25, 0.3) is 0 Å². The molecule has 0 aliphatic carbocycles. The van der Waals surface area contributed by atoms with E-state index in [9.17, 15) is 14.4 Å². The van der Waals surface area contributed by atoms with Gasteiger partial charge in [0.1, 0.15) is 41.3 Å². The normalized spacial score (nSPS) is 13.8. The van der Waals surface area contributed by atoms with E-state index in [1.54, 1.807) is 48.5 Å². The molecule has 4 aromatic rings. The number of rotatable bonds is 9. The van der Waals surface area contributed by atoms with Crippen LogP contribution >= 0.6 is 23.2 Å². The van der Waals surface area contributed by atoms with Crippen molar-refractivity contribution in [2.75, 3.05) is 13.7 Å². The largest absolute Gasteiger partial charge is 0.493 e. The molecular formula is C32H23Cl2FN2O6. The van der Waals surface area contributed by atoms with Crippen LogP contribution in [-0.2, 0) is 11.4 Å². The van der Waals surface area contributed by atoms with Crippen molar-refractivity contribution < 1.29 is 32.9 Å². The number of nitriles is 1. The first-order valence-electron chi connectivity index (χ1n) is 12.8. The number of fused-ring (bicyclic) bond motifs is 1. The molecule has 4 aromatic carbocycles. The van der Waals surface area contributed by atoms with Gasteiger partial charge in [0, 0.05) is 27.2 Å². The van der Waals surface area contributed by atoms with Gasteiger partial charge in [-0.25, -0.2) is 9.18 Å². The fourth-order valence-electron chi connectivity index (χ4n) is 4.45. The zero-order chi connectivity index (χ0) is 30.5. The average Bonchev–Trinajstić information content (AvgIpc) is 2.99. The lowest BCUT2D eigenvalue weighted by Gasteiger charge is -2.27. The number of nitrogens with two attached hydrogens (primary N) is 1. The Morgan fingerprint density at radius 3 is 2.47 bits per heavy atom. The van der Waals surface area contributed by atoms with Crippen LogP contribution in [0, 0.1) is 17.1 Å². The summed E-state index contributed by atoms with van der Waals surface area (Å²) in [5, 5.41) is 10.9. The highest BCUT2D eigenvalue weighted by molar-refractivity contribution is 6.35. The summed E-state index contributed by atoms with van der Waals surface area (Å²) in [4.78, 5) is 12.4. The molecule has 0 saturated carbocycles. The highest BCUT2D eigenvalue weighted by Gasteiger charge is 2.32. The number of benzene rings is 4. The van der Waals surface area contributed by atoms with E-state index in [4.69, 9.17) is 52.6 Å². The summed E-state index contributed by atoms with van der Waals surface area (Å²) in [6.45, 7) is -0.218. The summed E-state index contributed by atoms with van der Waals surface area (Å²) in [5.41, 5.74) is 8.41. The average molecular weight is 621 g/mol. The van der Waals surface area contributed by atoms with E-state index in [0.717, 1.165) is 5.56 Å². The molecule has 5 rings (SSSR count). The van der Waals surface area contributed by atoms with Gasteiger partial charge in [0.15, 0.2) is 18.1 Å². The molecule has 1 unspecified atom stereocenters. The highest BCUT2D eigenvalue weighted by Crippen LogP contribution is 2.45. The molecule has 2 N–H and O–H groups in total. The molecule has 0 radical (unpaired) electrons. The van der Waals surface area contributed by atoms with E-state index in [-0.39, 0.29) is 23.8 Å². The number of ether oxygens (including phenoxy) is 5. The molecular weight excluding hydrogens is 598 g/mol. The molecule has 43 heavy (non-hydrogen) atoms. The number of hydrogen-bond donors (Lipinski definition) is 1. The van der Waals surface area contributed by atoms with Crippen molar-refractivity contribution in [3.8, 4) is 34.8 Å². The second-order valence-electron chi connectivity index (χ2n) is 9.28. The fraction of sp³-hybridized carbons (Fsp3) is 0.125. The van der Waals surface area contributed by atoms with Gasteiger partial charge < -0.3 is 29.4 Å². The van der Waals surface area contributed by atoms with Gasteiger partial charge in [-0.1, -0.05) is 41.4 Å². The van der Waals surface area contributed by atoms with E-state index in [0.29, 0.717) is 44.2 Å². The summed E-state index contributed by atoms with van der Waals surface area (Å²) in [5.74, 6) is -0.0892. The SMILES string of the molecule is COc1cc(C2C(C#N)=C(N)Oc3cc(OC(=O)COc4ccc(F)cc4)ccc32)ccc1OCc1ccc(Cl)cc1Cl. The van der Waals surface area contributed by atoms with E-state index in [2.05, 4.69) is 6.07 Å². The number of methoxy groups -OCH3 is 1. The molecule has 1 heterocycles. The van der Waals surface area contributed by atoms with Crippen LogP contribution < -0.4 is 29.4 Å². The Balaban J connectivity index is 1.35. The number of hydrogen-bond acceptors (Lipinski definition) is 8. The van der Waals surface area contributed by atoms with Gasteiger partial charge in [-0.15, -0.1) is 0 Å². The predicted molar refractivity (Wildman–Crippen MR) is 157 cm³/mol. The molecule has 0 saturated heterocycles. The molecule has 11 heteroatoms. The van der Waals surface area contributed by atoms with Gasteiger partial charge in [0.2, 0.25) is 5.88 Å². The summed E-state index contributed by atoms with van der Waals surface area (Å²) < 4.78 is 41.1. The standard InChI is InChI=1S/C32H23Cl2FN2O6/c1-39-29-12-18(3-11-27(29)41-16-19-2-4-20(33)13-26(19)34)31-24-10-9-23(14-28(24)43-32(37)25(31)15-36)42-30(38)17-40-22-7-5-21(35)6-8-22/h2-14,31H,16-17,37H2,1H3. The van der Waals surface area contributed by atoms with Crippen molar-refractivity contribution in [1.82, 2.24) is 0 Å². The molecule has 0 fully saturated rings. The molecule has 1 aliphatic rings. The lowest BCUT2D eigenvalue weighted by atomic mass is 9.83. The Labute approximate surface area is 256 Å². The molecule has 8 nitrogen and oxygen atoms in total. The molecule has 1 atom stereocenters. The smallest absolute Gasteiger partial charge is 0.349 e. The lowest BCUT2D eigenvalue weighted by molar-refractivity contribution is -0.136. The van der Waals surface area contributed by atoms with Crippen LogP contribution in [0.1, 0.15) is 22.6 Å². The maximum Gasteiger partial charge on any atom is 0.349 e. The number of nitrogens with zero attached hydrogens (tertiary/aromatic N) is 1. The predicted octanol–water partition coefficient (Wildman–Crippen LogP) is 6.92. The number of halogens is 3. The molecule has 0 amide bonds. The number of allylic oxidation sites excluding steroid dienone is 1. The van der Waals surface area contributed by atoms with Crippen LogP contribution in [0.5, 0.6) is 28.7 Å². The van der Waals surface area contributed by atoms with E-state index in [1.165, 1.54) is 37.4 Å². The van der Waals surface area contributed by atoms with Gasteiger partial charge in [0.25, 0.3) is 0 Å². The van der Waals surface area contributed by atoms with Crippen molar-refractivity contribution in [1.29, 1.82) is 5.26 Å². The van der Waals surface area contributed by atoms with Crippen molar-refractivity contribution >= 4 is 29.2 Å². The third-order valence-corrected chi connectivity index (χ3v) is 7.10. The van der Waals surface area contributed by atoms with E-state index in [1.807, 2.05) is 0 Å². The number of carbonyl (C=O) groups is 1. The molecule has 1 aliphatic heterocycles. The monoisotopic (exact) mass is 620 g/mol. The molecule has 0 aromatic heterocycles. The second kappa shape index (κ2) is 12.9. The molecule has 218 valence electrons. The Bertz CT molecular complexity index is 1750. The first-order valence-corrected chi connectivity index (χ1v) is 13.6. The van der Waals surface area contributed by atoms with Crippen molar-refractivity contribution in [2.45, 2.75) is 12.5 Å². The molecule has 0 bridgehead atoms.